The van der Waals surface area contributed by atoms with E-state index in [0.29, 0.717) is 17.9 Å². The van der Waals surface area contributed by atoms with E-state index in [1.807, 2.05) is 6.92 Å². The lowest BCUT2D eigenvalue weighted by molar-refractivity contribution is -0.132. The van der Waals surface area contributed by atoms with E-state index in [4.69, 9.17) is 16.7 Å². The zero-order valence-corrected chi connectivity index (χ0v) is 7.14. The summed E-state index contributed by atoms with van der Waals surface area (Å²) in [4.78, 5) is 10.4. The number of halogens is 1. The molecule has 11 heavy (non-hydrogen) atoms. The van der Waals surface area contributed by atoms with Crippen LogP contribution in [0.5, 0.6) is 0 Å². The smallest absolute Gasteiger partial charge is 0.331 e. The minimum absolute atomic E-state index is 0.343. The minimum Gasteiger partial charge on any atom is -0.478 e. The largest absolute Gasteiger partial charge is 0.478 e. The first-order valence-corrected chi connectivity index (χ1v) is 3.87. The van der Waals surface area contributed by atoms with E-state index in [0.717, 1.165) is 0 Å². The van der Waals surface area contributed by atoms with Crippen LogP contribution in [0.25, 0.3) is 0 Å². The van der Waals surface area contributed by atoms with E-state index < -0.39 is 5.97 Å². The van der Waals surface area contributed by atoms with E-state index >= 15 is 0 Å². The lowest BCUT2D eigenvalue weighted by atomic mass is 10.2. The second-order valence-electron chi connectivity index (χ2n) is 1.96. The van der Waals surface area contributed by atoms with Crippen molar-refractivity contribution < 1.29 is 9.90 Å². The van der Waals surface area contributed by atoms with Gasteiger partial charge in [0.1, 0.15) is 0 Å². The molecule has 0 heterocycles. The van der Waals surface area contributed by atoms with Gasteiger partial charge in [0.15, 0.2) is 0 Å². The second kappa shape index (κ2) is 5.98. The fourth-order valence-corrected chi connectivity index (χ4v) is 0.779. The Hall–Kier alpha value is -0.760. The monoisotopic (exact) mass is 174 g/mol. The van der Waals surface area contributed by atoms with E-state index in [1.54, 1.807) is 18.2 Å². The predicted molar refractivity (Wildman–Crippen MR) is 45.9 cm³/mol. The summed E-state index contributed by atoms with van der Waals surface area (Å²) in [7, 11) is 0. The maximum absolute atomic E-state index is 10.4. The van der Waals surface area contributed by atoms with Crippen molar-refractivity contribution in [1.29, 1.82) is 0 Å². The maximum Gasteiger partial charge on any atom is 0.331 e. The van der Waals surface area contributed by atoms with E-state index in [-0.39, 0.29) is 0 Å². The van der Waals surface area contributed by atoms with Crippen molar-refractivity contribution in [2.75, 3.05) is 5.88 Å². The highest BCUT2D eigenvalue weighted by molar-refractivity contribution is 6.18. The lowest BCUT2D eigenvalue weighted by Crippen LogP contribution is -2.00. The molecule has 0 saturated carbocycles. The molecule has 0 amide bonds. The molecule has 0 aliphatic rings. The van der Waals surface area contributed by atoms with Crippen LogP contribution >= 0.6 is 11.6 Å². The van der Waals surface area contributed by atoms with Crippen LogP contribution in [-0.4, -0.2) is 17.0 Å². The molecule has 62 valence electrons. The van der Waals surface area contributed by atoms with Gasteiger partial charge in [0.05, 0.1) is 0 Å². The van der Waals surface area contributed by atoms with Crippen LogP contribution < -0.4 is 0 Å². The normalized spacial score (nSPS) is 12.4. The highest BCUT2D eigenvalue weighted by Gasteiger charge is 2.03. The highest BCUT2D eigenvalue weighted by Crippen LogP contribution is 2.03. The van der Waals surface area contributed by atoms with E-state index in [2.05, 4.69) is 0 Å². The Labute approximate surface area is 71.2 Å². The van der Waals surface area contributed by atoms with E-state index in [9.17, 15) is 4.79 Å². The first-order valence-electron chi connectivity index (χ1n) is 3.33. The highest BCUT2D eigenvalue weighted by atomic mass is 35.5. The Morgan fingerprint density at radius 3 is 2.64 bits per heavy atom. The molecule has 0 aromatic carbocycles. The van der Waals surface area contributed by atoms with Crippen LogP contribution in [0.1, 0.15) is 13.3 Å². The predicted octanol–water partition coefficient (Wildman–Crippen LogP) is 2.20. The van der Waals surface area contributed by atoms with Crippen LogP contribution in [0.2, 0.25) is 0 Å². The molecule has 0 spiro atoms. The average molecular weight is 175 g/mol. The molecule has 0 radical (unpaired) electrons. The third-order valence-corrected chi connectivity index (χ3v) is 1.32. The van der Waals surface area contributed by atoms with Crippen LogP contribution in [0, 0.1) is 0 Å². The average Bonchev–Trinajstić information content (AvgIpc) is 1.97. The minimum atomic E-state index is -0.899. The SMILES string of the molecule is CC=CC=C(CCCl)C(=O)O. The van der Waals surface area contributed by atoms with Gasteiger partial charge >= 0.3 is 5.97 Å². The molecule has 0 saturated heterocycles. The summed E-state index contributed by atoms with van der Waals surface area (Å²) in [5.41, 5.74) is 0.345. The van der Waals surface area contributed by atoms with Crippen LogP contribution in [-0.2, 0) is 4.79 Å². The second-order valence-corrected chi connectivity index (χ2v) is 2.34. The molecule has 1 N–H and O–H groups in total. The third kappa shape index (κ3) is 4.62. The number of carbonyl (C=O) groups is 1. The van der Waals surface area contributed by atoms with Crippen molar-refractivity contribution in [2.45, 2.75) is 13.3 Å². The Kier molecular flexibility index (Phi) is 5.57. The summed E-state index contributed by atoms with van der Waals surface area (Å²) < 4.78 is 0. The molecule has 0 aliphatic heterocycles. The summed E-state index contributed by atoms with van der Waals surface area (Å²) in [6.45, 7) is 1.83. The Bertz CT molecular complexity index is 183. The van der Waals surface area contributed by atoms with Gasteiger partial charge in [0.2, 0.25) is 0 Å². The fourth-order valence-electron chi connectivity index (χ4n) is 0.576. The molecule has 0 aromatic heterocycles. The van der Waals surface area contributed by atoms with Crippen LogP contribution in [0.3, 0.4) is 0 Å². The summed E-state index contributed by atoms with van der Waals surface area (Å²) in [5, 5.41) is 8.57. The Balaban J connectivity index is 4.20. The Morgan fingerprint density at radius 2 is 2.27 bits per heavy atom. The molecule has 0 aliphatic carbocycles. The van der Waals surface area contributed by atoms with Gasteiger partial charge < -0.3 is 5.11 Å². The number of hydrogen-bond acceptors (Lipinski definition) is 1. The maximum atomic E-state index is 10.4. The number of rotatable bonds is 4. The van der Waals surface area contributed by atoms with Gasteiger partial charge in [-0.15, -0.1) is 11.6 Å². The van der Waals surface area contributed by atoms with Crippen molar-refractivity contribution in [2.24, 2.45) is 0 Å². The summed E-state index contributed by atoms with van der Waals surface area (Å²) in [5.74, 6) is -0.556. The van der Waals surface area contributed by atoms with E-state index in [1.165, 1.54) is 0 Å². The molecule has 3 heteroatoms. The van der Waals surface area contributed by atoms with Crippen LogP contribution in [0.4, 0.5) is 0 Å². The van der Waals surface area contributed by atoms with Gasteiger partial charge in [-0.1, -0.05) is 18.2 Å². The van der Waals surface area contributed by atoms with Gasteiger partial charge in [0.25, 0.3) is 0 Å². The number of carboxylic acids is 1. The molecule has 0 atom stereocenters. The lowest BCUT2D eigenvalue weighted by Gasteiger charge is -1.94. The van der Waals surface area contributed by atoms with Gasteiger partial charge in [-0.05, 0) is 13.3 Å². The van der Waals surface area contributed by atoms with Crippen molar-refractivity contribution in [3.8, 4) is 0 Å². The molecule has 0 fully saturated rings. The number of carboxylic acid groups (broad SMARTS) is 1. The van der Waals surface area contributed by atoms with Gasteiger partial charge in [0, 0.05) is 11.5 Å². The number of allylic oxidation sites excluding steroid dienone is 3. The molecule has 0 aromatic rings. The number of alkyl halides is 1. The summed E-state index contributed by atoms with van der Waals surface area (Å²) >= 11 is 5.39. The molecule has 0 bridgehead atoms. The van der Waals surface area contributed by atoms with Crippen molar-refractivity contribution in [3.63, 3.8) is 0 Å². The Morgan fingerprint density at radius 1 is 1.64 bits per heavy atom. The first kappa shape index (κ1) is 10.2. The third-order valence-electron chi connectivity index (χ3n) is 1.13. The molecule has 0 rings (SSSR count). The van der Waals surface area contributed by atoms with Crippen molar-refractivity contribution >= 4 is 17.6 Å². The van der Waals surface area contributed by atoms with Gasteiger partial charge in [-0.3, -0.25) is 0 Å². The molecule has 2 nitrogen and oxygen atoms in total. The molecule has 0 unspecified atom stereocenters. The van der Waals surface area contributed by atoms with Gasteiger partial charge in [-0.25, -0.2) is 4.79 Å². The summed E-state index contributed by atoms with van der Waals surface area (Å²) in [6.07, 6.45) is 5.43. The standard InChI is InChI=1S/C8H11ClO2/c1-2-3-4-7(5-6-9)8(10)11/h2-4H,5-6H2,1H3,(H,10,11). The molecular weight excluding hydrogens is 164 g/mol. The topological polar surface area (TPSA) is 37.3 Å². The molecular formula is C8H11ClO2. The van der Waals surface area contributed by atoms with Gasteiger partial charge in [-0.2, -0.15) is 0 Å². The van der Waals surface area contributed by atoms with Crippen molar-refractivity contribution in [1.82, 2.24) is 0 Å². The first-order chi connectivity index (χ1) is 5.22. The van der Waals surface area contributed by atoms with Crippen molar-refractivity contribution in [3.05, 3.63) is 23.8 Å². The van der Waals surface area contributed by atoms with Crippen LogP contribution in [0.15, 0.2) is 23.8 Å². The number of hydrogen-bond donors (Lipinski definition) is 1. The summed E-state index contributed by atoms with van der Waals surface area (Å²) in [6, 6.07) is 0. The quantitative estimate of drug-likeness (QED) is 0.403. The number of aliphatic carboxylic acids is 1. The fraction of sp³-hybridized carbons (Fsp3) is 0.375. The zero-order chi connectivity index (χ0) is 8.69. The zero-order valence-electron chi connectivity index (χ0n) is 6.38.